The van der Waals surface area contributed by atoms with Gasteiger partial charge in [-0.2, -0.15) is 0 Å². The molecule has 1 aromatic carbocycles. The Balaban J connectivity index is 3.12. The molecule has 0 aliphatic heterocycles. The van der Waals surface area contributed by atoms with Gasteiger partial charge in [-0.05, 0) is 0 Å². The van der Waals surface area contributed by atoms with Crippen LogP contribution in [0.2, 0.25) is 13.3 Å². The number of unbranched alkanes of at least 4 members (excludes halogenated alkanes) is 3. The number of carbonyl (C=O) groups excluding carboxylic acids is 1. The summed E-state index contributed by atoms with van der Waals surface area (Å²) in [4.78, 5) is 22.5. The minimum atomic E-state index is -2.52. The summed E-state index contributed by atoms with van der Waals surface area (Å²) in [5.41, 5.74) is 0.776. The summed E-state index contributed by atoms with van der Waals surface area (Å²) in [7, 11) is 0. The number of rotatable bonds is 13. The summed E-state index contributed by atoms with van der Waals surface area (Å²) in [5.74, 6) is -1.51. The Morgan fingerprint density at radius 2 is 1.52 bits per heavy atom. The van der Waals surface area contributed by atoms with Gasteiger partial charge in [0.15, 0.2) is 0 Å². The molecule has 0 aliphatic carbocycles. The third-order valence-corrected chi connectivity index (χ3v) is 20.8. The van der Waals surface area contributed by atoms with Crippen molar-refractivity contribution in [2.45, 2.75) is 72.6 Å². The number of benzene rings is 1. The van der Waals surface area contributed by atoms with Gasteiger partial charge >= 0.3 is 169 Å². The predicted octanol–water partition coefficient (Wildman–Crippen LogP) is 5.32. The number of carboxylic acids is 1. The molecule has 4 nitrogen and oxygen atoms in total. The van der Waals surface area contributed by atoms with Crippen LogP contribution in [0.15, 0.2) is 36.4 Å². The average molecular weight is 480 g/mol. The second kappa shape index (κ2) is 13.0. The molecule has 0 saturated carbocycles. The van der Waals surface area contributed by atoms with Gasteiger partial charge in [-0.25, -0.2) is 0 Å². The van der Waals surface area contributed by atoms with Crippen molar-refractivity contribution in [3.05, 3.63) is 36.4 Å². The van der Waals surface area contributed by atoms with Crippen LogP contribution in [-0.2, 0) is 9.59 Å². The zero-order valence-electron chi connectivity index (χ0n) is 17.1. The second-order valence-corrected chi connectivity index (χ2v) is 20.6. The molecule has 5 heteroatoms. The monoisotopic (exact) mass is 481 g/mol. The van der Waals surface area contributed by atoms with Crippen LogP contribution >= 0.6 is 0 Å². The molecule has 1 rings (SSSR count). The molecular formula is C22H35NO3Sn. The van der Waals surface area contributed by atoms with Gasteiger partial charge < -0.3 is 0 Å². The van der Waals surface area contributed by atoms with Crippen LogP contribution in [0.1, 0.15) is 59.3 Å². The van der Waals surface area contributed by atoms with Crippen molar-refractivity contribution in [3.63, 3.8) is 0 Å². The van der Waals surface area contributed by atoms with E-state index in [1.54, 1.807) is 0 Å². The molecule has 0 bridgehead atoms. The molecule has 2 N–H and O–H groups in total. The molecule has 0 saturated heterocycles. The minimum absolute atomic E-state index is 0.397. The molecule has 1 aromatic rings. The Bertz CT molecular complexity index is 606. The molecule has 0 heterocycles. The molecular weight excluding hydrogens is 445 g/mol. The van der Waals surface area contributed by atoms with Crippen molar-refractivity contribution in [2.24, 2.45) is 0 Å². The van der Waals surface area contributed by atoms with Gasteiger partial charge in [0, 0.05) is 0 Å². The van der Waals surface area contributed by atoms with Crippen LogP contribution in [0, 0.1) is 0 Å². The molecule has 1 amide bonds. The van der Waals surface area contributed by atoms with E-state index in [2.05, 4.69) is 38.2 Å². The van der Waals surface area contributed by atoms with E-state index in [1.165, 1.54) is 55.4 Å². The first-order chi connectivity index (χ1) is 13.0. The standard InChI is InChI=1S/C10H8NO3.3C4H9.Sn/c12-9(6-7-10(13)14)11-8-4-2-1-3-5-8;3*1-3-4-2;/h1-2,4-7H,(H,11,12)(H,13,14);3*1,3-4H2,2H3;. The number of hydrogen-bond donors (Lipinski definition) is 2. The van der Waals surface area contributed by atoms with Crippen molar-refractivity contribution in [1.82, 2.24) is 0 Å². The van der Waals surface area contributed by atoms with Gasteiger partial charge in [-0.3, -0.25) is 0 Å². The van der Waals surface area contributed by atoms with E-state index < -0.39 is 30.3 Å². The third kappa shape index (κ3) is 8.50. The number of amides is 1. The molecule has 0 atom stereocenters. The summed E-state index contributed by atoms with van der Waals surface area (Å²) in [5, 5.41) is 11.5. The van der Waals surface area contributed by atoms with Gasteiger partial charge in [0.2, 0.25) is 0 Å². The third-order valence-electron chi connectivity index (χ3n) is 5.15. The van der Waals surface area contributed by atoms with E-state index in [4.69, 9.17) is 5.11 Å². The fourth-order valence-corrected chi connectivity index (χ4v) is 19.6. The van der Waals surface area contributed by atoms with Gasteiger partial charge in [0.25, 0.3) is 0 Å². The fraction of sp³-hybridized carbons (Fsp3) is 0.545. The van der Waals surface area contributed by atoms with Crippen LogP contribution in [0.3, 0.4) is 0 Å². The van der Waals surface area contributed by atoms with Crippen LogP contribution in [0.5, 0.6) is 0 Å². The Hall–Kier alpha value is -1.30. The Morgan fingerprint density at radius 1 is 0.963 bits per heavy atom. The molecule has 0 aromatic heterocycles. The van der Waals surface area contributed by atoms with Gasteiger partial charge in [0.1, 0.15) is 0 Å². The van der Waals surface area contributed by atoms with Gasteiger partial charge in [-0.15, -0.1) is 0 Å². The first-order valence-electron chi connectivity index (χ1n) is 10.3. The maximum absolute atomic E-state index is 11.9. The van der Waals surface area contributed by atoms with E-state index >= 15 is 0 Å². The molecule has 0 unspecified atom stereocenters. The Labute approximate surface area is 168 Å². The number of anilines is 1. The van der Waals surface area contributed by atoms with Crippen molar-refractivity contribution in [2.75, 3.05) is 5.32 Å². The van der Waals surface area contributed by atoms with Crippen LogP contribution in [-0.4, -0.2) is 35.4 Å². The quantitative estimate of drug-likeness (QED) is 0.297. The number of nitrogens with one attached hydrogen (secondary N) is 1. The Morgan fingerprint density at radius 3 is 2.00 bits per heavy atom. The van der Waals surface area contributed by atoms with E-state index in [0.29, 0.717) is 0 Å². The molecule has 0 spiro atoms. The summed E-state index contributed by atoms with van der Waals surface area (Å²) in [6, 6.07) is 8.39. The van der Waals surface area contributed by atoms with E-state index in [0.717, 1.165) is 17.8 Å². The van der Waals surface area contributed by atoms with E-state index in [9.17, 15) is 9.59 Å². The molecule has 0 aliphatic rings. The van der Waals surface area contributed by atoms with E-state index in [1.807, 2.05) is 12.1 Å². The maximum atomic E-state index is 11.9. The number of aliphatic carboxylic acids is 1. The van der Waals surface area contributed by atoms with Crippen molar-refractivity contribution in [3.8, 4) is 0 Å². The number of carboxylic acid groups (broad SMARTS) is 1. The first kappa shape index (κ1) is 23.7. The summed E-state index contributed by atoms with van der Waals surface area (Å²) in [6.07, 6.45) is 9.50. The van der Waals surface area contributed by atoms with Gasteiger partial charge in [-0.1, -0.05) is 0 Å². The molecule has 0 fully saturated rings. The second-order valence-electron chi connectivity index (χ2n) is 7.33. The zero-order chi connectivity index (χ0) is 20.1. The van der Waals surface area contributed by atoms with Crippen molar-refractivity contribution >= 4 is 39.5 Å². The summed E-state index contributed by atoms with van der Waals surface area (Å²) < 4.78 is 5.63. The van der Waals surface area contributed by atoms with Gasteiger partial charge in [0.05, 0.1) is 0 Å². The summed E-state index contributed by atoms with van der Waals surface area (Å²) in [6.45, 7) is 6.80. The van der Waals surface area contributed by atoms with Crippen LogP contribution in [0.25, 0.3) is 0 Å². The van der Waals surface area contributed by atoms with Crippen molar-refractivity contribution < 1.29 is 14.7 Å². The topological polar surface area (TPSA) is 66.4 Å². The van der Waals surface area contributed by atoms with Crippen LogP contribution < -0.4 is 8.90 Å². The predicted molar refractivity (Wildman–Crippen MR) is 116 cm³/mol. The Kier molecular flexibility index (Phi) is 11.4. The van der Waals surface area contributed by atoms with Crippen molar-refractivity contribution in [1.29, 1.82) is 0 Å². The fourth-order valence-electron chi connectivity index (χ4n) is 3.61. The number of carbonyl (C=O) groups is 2. The first-order valence-corrected chi connectivity index (χ1v) is 17.8. The molecule has 0 radical (unpaired) electrons. The van der Waals surface area contributed by atoms with Crippen LogP contribution in [0.4, 0.5) is 5.69 Å². The zero-order valence-corrected chi connectivity index (χ0v) is 19.9. The number of hydrogen-bond acceptors (Lipinski definition) is 2. The SMILES string of the molecule is CCC[CH2][Sn]([CH2]CCC)([CH2]CCC)[c]1cccc(NC(=O)C=CC(=O)O)c1. The molecule has 27 heavy (non-hydrogen) atoms. The van der Waals surface area contributed by atoms with E-state index in [-0.39, 0.29) is 0 Å². The summed E-state index contributed by atoms with van der Waals surface area (Å²) >= 11 is -2.52. The normalized spacial score (nSPS) is 11.7. The average Bonchev–Trinajstić information content (AvgIpc) is 2.66. The molecule has 150 valence electrons.